The maximum Gasteiger partial charge on any atom is 0.306 e. The van der Waals surface area contributed by atoms with E-state index in [2.05, 4.69) is 0 Å². The van der Waals surface area contributed by atoms with Gasteiger partial charge in [-0.3, -0.25) is 19.2 Å². The predicted molar refractivity (Wildman–Crippen MR) is 139 cm³/mol. The molecule has 212 valence electrons. The molecule has 38 heavy (non-hydrogen) atoms. The van der Waals surface area contributed by atoms with Crippen LogP contribution in [0.15, 0.2) is 11.1 Å². The molecule has 0 aliphatic heterocycles. The average Bonchev–Trinajstić information content (AvgIpc) is 2.99. The maximum atomic E-state index is 14.1. The van der Waals surface area contributed by atoms with Crippen molar-refractivity contribution in [1.82, 2.24) is 0 Å². The third-order valence-electron chi connectivity index (χ3n) is 11.5. The number of ketones is 3. The summed E-state index contributed by atoms with van der Waals surface area (Å²) in [6, 6.07) is 0. The maximum absolute atomic E-state index is 14.1. The molecule has 0 saturated heterocycles. The number of aliphatic hydroxyl groups excluding tert-OH is 2. The van der Waals surface area contributed by atoms with E-state index in [0.717, 1.165) is 0 Å². The summed E-state index contributed by atoms with van der Waals surface area (Å²) >= 11 is 0. The number of rotatable bonds is 6. The minimum absolute atomic E-state index is 0.0118. The van der Waals surface area contributed by atoms with Crippen molar-refractivity contribution in [2.24, 2.45) is 39.4 Å². The summed E-state index contributed by atoms with van der Waals surface area (Å²) in [5.74, 6) is -2.92. The van der Waals surface area contributed by atoms with Gasteiger partial charge in [0.15, 0.2) is 5.78 Å². The van der Waals surface area contributed by atoms with E-state index in [0.29, 0.717) is 24.0 Å². The van der Waals surface area contributed by atoms with Gasteiger partial charge in [0.25, 0.3) is 0 Å². The van der Waals surface area contributed by atoms with Gasteiger partial charge in [0.2, 0.25) is 0 Å². The highest BCUT2D eigenvalue weighted by molar-refractivity contribution is 6.05. The molecule has 2 saturated carbocycles. The van der Waals surface area contributed by atoms with Gasteiger partial charge in [-0.25, -0.2) is 0 Å². The highest BCUT2D eigenvalue weighted by Gasteiger charge is 2.71. The van der Waals surface area contributed by atoms with Crippen LogP contribution in [0.2, 0.25) is 0 Å². The molecule has 0 heterocycles. The molecule has 0 spiro atoms. The zero-order valence-corrected chi connectivity index (χ0v) is 23.8. The third kappa shape index (κ3) is 3.80. The Morgan fingerprint density at radius 3 is 2.29 bits per heavy atom. The number of fused-ring (bicyclic) bond motifs is 4. The molecule has 4 unspecified atom stereocenters. The van der Waals surface area contributed by atoms with Gasteiger partial charge in [-0.1, -0.05) is 34.6 Å². The van der Waals surface area contributed by atoms with Gasteiger partial charge in [-0.2, -0.15) is 0 Å². The smallest absolute Gasteiger partial charge is 0.306 e. The summed E-state index contributed by atoms with van der Waals surface area (Å²) in [6.45, 7) is 12.4. The van der Waals surface area contributed by atoms with E-state index in [-0.39, 0.29) is 55.4 Å². The second-order valence-electron chi connectivity index (χ2n) is 14.2. The normalized spacial score (nSPS) is 41.6. The van der Waals surface area contributed by atoms with Crippen molar-refractivity contribution < 1.29 is 39.6 Å². The van der Waals surface area contributed by atoms with Crippen LogP contribution in [-0.2, 0) is 19.2 Å². The molecule has 9 atom stereocenters. The molecule has 0 aromatic carbocycles. The fraction of sp³-hybridized carbons (Fsp3) is 0.800. The standard InChI is InChI=1S/C30H44O8/c1-15(25(36)37)10-16(31)13-29(6,38)20-12-22(35)30(7)24-17(32)11-19-26(2,3)21(34)8-9-27(19,4)23(24)18(33)14-28(20,30)5/h15-17,19-20,31-32,38H,8-14H2,1-7H3,(H,36,37)/t15?,16?,17-,19-,20?,27-,28+,29?,30-/m0/s1. The quantitative estimate of drug-likeness (QED) is 0.407. The fourth-order valence-corrected chi connectivity index (χ4v) is 9.16. The van der Waals surface area contributed by atoms with Crippen LogP contribution in [0.25, 0.3) is 0 Å². The molecule has 0 aromatic heterocycles. The van der Waals surface area contributed by atoms with E-state index in [9.17, 15) is 39.6 Å². The number of carbonyl (C=O) groups excluding carboxylic acids is 3. The molecule has 0 radical (unpaired) electrons. The molecule has 2 fully saturated rings. The zero-order chi connectivity index (χ0) is 28.8. The molecular weight excluding hydrogens is 488 g/mol. The van der Waals surface area contributed by atoms with Crippen molar-refractivity contribution in [3.05, 3.63) is 11.1 Å². The fourth-order valence-electron chi connectivity index (χ4n) is 9.16. The Bertz CT molecular complexity index is 1120. The highest BCUT2D eigenvalue weighted by Crippen LogP contribution is 2.70. The number of aliphatic hydroxyl groups is 3. The number of hydrogen-bond acceptors (Lipinski definition) is 7. The summed E-state index contributed by atoms with van der Waals surface area (Å²) in [7, 11) is 0. The average molecular weight is 533 g/mol. The molecule has 0 amide bonds. The second kappa shape index (κ2) is 8.80. The summed E-state index contributed by atoms with van der Waals surface area (Å²) < 4.78 is 0. The van der Waals surface area contributed by atoms with Crippen LogP contribution in [0.3, 0.4) is 0 Å². The molecule has 0 bridgehead atoms. The Labute approximate surface area is 224 Å². The summed E-state index contributed by atoms with van der Waals surface area (Å²) in [5, 5.41) is 43.1. The number of carboxylic acids is 1. The van der Waals surface area contributed by atoms with Crippen LogP contribution < -0.4 is 0 Å². The zero-order valence-electron chi connectivity index (χ0n) is 23.8. The minimum Gasteiger partial charge on any atom is -0.481 e. The number of aliphatic carboxylic acids is 1. The lowest BCUT2D eigenvalue weighted by atomic mass is 9.42. The number of carboxylic acid groups (broad SMARTS) is 1. The summed E-state index contributed by atoms with van der Waals surface area (Å²) in [5.41, 5.74) is -4.13. The van der Waals surface area contributed by atoms with E-state index in [1.807, 2.05) is 27.7 Å². The van der Waals surface area contributed by atoms with Crippen molar-refractivity contribution in [1.29, 1.82) is 0 Å². The van der Waals surface area contributed by atoms with Crippen molar-refractivity contribution in [2.45, 2.75) is 111 Å². The predicted octanol–water partition coefficient (Wildman–Crippen LogP) is 3.25. The van der Waals surface area contributed by atoms with Gasteiger partial charge >= 0.3 is 5.97 Å². The first-order valence-corrected chi connectivity index (χ1v) is 13.9. The first kappa shape index (κ1) is 29.1. The Kier molecular flexibility index (Phi) is 6.74. The molecule has 8 heteroatoms. The van der Waals surface area contributed by atoms with E-state index < -0.39 is 57.3 Å². The topological polar surface area (TPSA) is 149 Å². The van der Waals surface area contributed by atoms with Gasteiger partial charge < -0.3 is 20.4 Å². The van der Waals surface area contributed by atoms with Crippen LogP contribution >= 0.6 is 0 Å². The number of Topliss-reactive ketones (excluding diaryl/α,β-unsaturated/α-hetero) is 3. The van der Waals surface area contributed by atoms with Crippen molar-refractivity contribution in [3.8, 4) is 0 Å². The lowest BCUT2D eigenvalue weighted by molar-refractivity contribution is -0.149. The third-order valence-corrected chi connectivity index (χ3v) is 11.5. The first-order chi connectivity index (χ1) is 17.2. The molecule has 4 aliphatic rings. The van der Waals surface area contributed by atoms with Crippen molar-refractivity contribution >= 4 is 23.3 Å². The minimum atomic E-state index is -1.55. The van der Waals surface area contributed by atoms with E-state index in [4.69, 9.17) is 0 Å². The molecule has 4 aliphatic carbocycles. The monoisotopic (exact) mass is 532 g/mol. The van der Waals surface area contributed by atoms with Gasteiger partial charge in [0.05, 0.1) is 29.1 Å². The summed E-state index contributed by atoms with van der Waals surface area (Å²) in [6.07, 6.45) is -1.21. The van der Waals surface area contributed by atoms with Crippen LogP contribution in [-0.4, -0.2) is 61.6 Å². The van der Waals surface area contributed by atoms with Crippen molar-refractivity contribution in [3.63, 3.8) is 0 Å². The van der Waals surface area contributed by atoms with Gasteiger partial charge in [-0.05, 0) is 50.0 Å². The van der Waals surface area contributed by atoms with Gasteiger partial charge in [0, 0.05) is 48.0 Å². The van der Waals surface area contributed by atoms with E-state index >= 15 is 0 Å². The molecule has 0 aromatic rings. The second-order valence-corrected chi connectivity index (χ2v) is 14.2. The van der Waals surface area contributed by atoms with Crippen LogP contribution in [0.4, 0.5) is 0 Å². The lowest BCUT2D eigenvalue weighted by Gasteiger charge is -2.60. The number of allylic oxidation sites excluding steroid dienone is 1. The Morgan fingerprint density at radius 2 is 1.71 bits per heavy atom. The van der Waals surface area contributed by atoms with Crippen LogP contribution in [0.5, 0.6) is 0 Å². The van der Waals surface area contributed by atoms with Crippen LogP contribution in [0.1, 0.15) is 93.4 Å². The van der Waals surface area contributed by atoms with E-state index in [1.54, 1.807) is 13.8 Å². The van der Waals surface area contributed by atoms with Gasteiger partial charge in [-0.15, -0.1) is 0 Å². The first-order valence-electron chi connectivity index (χ1n) is 13.9. The molecular formula is C30H44O8. The number of hydrogen-bond donors (Lipinski definition) is 4. The van der Waals surface area contributed by atoms with Crippen LogP contribution in [0, 0.1) is 39.4 Å². The Balaban J connectivity index is 1.78. The number of carbonyl (C=O) groups is 4. The summed E-state index contributed by atoms with van der Waals surface area (Å²) in [4.78, 5) is 52.1. The molecule has 4 rings (SSSR count). The molecule has 8 nitrogen and oxygen atoms in total. The highest BCUT2D eigenvalue weighted by atomic mass is 16.4. The van der Waals surface area contributed by atoms with Crippen molar-refractivity contribution in [2.75, 3.05) is 0 Å². The SMILES string of the molecule is CC(CC(O)CC(C)(O)C1CC(=O)[C@@]2(C)C3=C(C(=O)C[C@]12C)[C@@]1(C)CCC(=O)C(C)(C)[C@@H]1C[C@@H]3O)C(=O)O. The largest absolute Gasteiger partial charge is 0.481 e. The Morgan fingerprint density at radius 1 is 1.11 bits per heavy atom. The van der Waals surface area contributed by atoms with E-state index in [1.165, 1.54) is 6.92 Å². The Hall–Kier alpha value is -1.90. The lowest BCUT2D eigenvalue weighted by Crippen LogP contribution is -2.60. The van der Waals surface area contributed by atoms with Gasteiger partial charge in [0.1, 0.15) is 11.6 Å². The molecule has 4 N–H and O–H groups in total.